The SMILES string of the molecule is Cc1cc2c(nc1C)c(=O)c(C(=O)N[C@H]1CCN(C)[C@H](C)C1)nn2-c1ccc(Cl)cc1F. The first-order chi connectivity index (χ1) is 15.2. The fourth-order valence-electron chi connectivity index (χ4n) is 3.99. The molecule has 9 heteroatoms. The van der Waals surface area contributed by atoms with Gasteiger partial charge in [0.2, 0.25) is 5.43 Å². The monoisotopic (exact) mass is 457 g/mol. The number of halogens is 2. The first-order valence-electron chi connectivity index (χ1n) is 10.5. The van der Waals surface area contributed by atoms with Crippen LogP contribution in [0.5, 0.6) is 0 Å². The zero-order valence-electron chi connectivity index (χ0n) is 18.4. The quantitative estimate of drug-likeness (QED) is 0.652. The lowest BCUT2D eigenvalue weighted by Crippen LogP contribution is -2.48. The highest BCUT2D eigenvalue weighted by atomic mass is 35.5. The van der Waals surface area contributed by atoms with E-state index in [0.29, 0.717) is 17.3 Å². The van der Waals surface area contributed by atoms with Crippen LogP contribution in [0.3, 0.4) is 0 Å². The molecular formula is C23H25ClFN5O2. The predicted octanol–water partition coefficient (Wildman–Crippen LogP) is 3.40. The van der Waals surface area contributed by atoms with Crippen molar-refractivity contribution in [3.63, 3.8) is 0 Å². The molecular weight excluding hydrogens is 433 g/mol. The molecule has 1 saturated heterocycles. The Labute approximate surface area is 190 Å². The van der Waals surface area contributed by atoms with Gasteiger partial charge in [-0.2, -0.15) is 5.10 Å². The number of hydrogen-bond donors (Lipinski definition) is 1. The predicted molar refractivity (Wildman–Crippen MR) is 122 cm³/mol. The minimum absolute atomic E-state index is 0.0688. The number of fused-ring (bicyclic) bond motifs is 1. The lowest BCUT2D eigenvalue weighted by atomic mass is 9.99. The molecule has 0 aliphatic carbocycles. The van der Waals surface area contributed by atoms with E-state index in [1.165, 1.54) is 16.8 Å². The molecule has 4 rings (SSSR count). The fourth-order valence-corrected chi connectivity index (χ4v) is 4.15. The second kappa shape index (κ2) is 8.60. The molecule has 0 spiro atoms. The zero-order chi connectivity index (χ0) is 23.2. The number of aromatic nitrogens is 3. The van der Waals surface area contributed by atoms with Gasteiger partial charge in [-0.1, -0.05) is 11.6 Å². The number of pyridine rings is 1. The summed E-state index contributed by atoms with van der Waals surface area (Å²) in [5, 5.41) is 7.46. The van der Waals surface area contributed by atoms with Gasteiger partial charge in [0, 0.05) is 29.3 Å². The molecule has 0 unspecified atom stereocenters. The van der Waals surface area contributed by atoms with E-state index in [9.17, 15) is 14.0 Å². The highest BCUT2D eigenvalue weighted by Gasteiger charge is 2.27. The molecule has 1 N–H and O–H groups in total. The molecule has 0 bridgehead atoms. The molecule has 32 heavy (non-hydrogen) atoms. The van der Waals surface area contributed by atoms with E-state index in [-0.39, 0.29) is 28.0 Å². The van der Waals surface area contributed by atoms with Crippen molar-refractivity contribution in [2.75, 3.05) is 13.6 Å². The van der Waals surface area contributed by atoms with Crippen LogP contribution in [-0.2, 0) is 0 Å². The van der Waals surface area contributed by atoms with Crippen molar-refractivity contribution in [1.29, 1.82) is 0 Å². The smallest absolute Gasteiger partial charge is 0.276 e. The number of rotatable bonds is 3. The number of amides is 1. The maximum absolute atomic E-state index is 14.8. The molecule has 3 heterocycles. The van der Waals surface area contributed by atoms with Gasteiger partial charge in [-0.15, -0.1) is 0 Å². The Morgan fingerprint density at radius 3 is 2.72 bits per heavy atom. The molecule has 1 fully saturated rings. The number of carbonyl (C=O) groups excluding carboxylic acids is 1. The Kier molecular flexibility index (Phi) is 6.01. The Hall–Kier alpha value is -2.84. The summed E-state index contributed by atoms with van der Waals surface area (Å²) in [6, 6.07) is 6.12. The van der Waals surface area contributed by atoms with E-state index in [1.807, 2.05) is 14.0 Å². The van der Waals surface area contributed by atoms with Crippen molar-refractivity contribution in [2.45, 2.75) is 45.7 Å². The van der Waals surface area contributed by atoms with Crippen molar-refractivity contribution in [3.8, 4) is 5.69 Å². The molecule has 7 nitrogen and oxygen atoms in total. The number of hydrogen-bond acceptors (Lipinski definition) is 5. The van der Waals surface area contributed by atoms with Gasteiger partial charge in [-0.05, 0) is 70.5 Å². The molecule has 2 aromatic heterocycles. The van der Waals surface area contributed by atoms with Crippen molar-refractivity contribution in [1.82, 2.24) is 25.0 Å². The molecule has 0 saturated carbocycles. The van der Waals surface area contributed by atoms with E-state index in [0.717, 1.165) is 31.0 Å². The average Bonchev–Trinajstić information content (AvgIpc) is 2.73. The van der Waals surface area contributed by atoms with Gasteiger partial charge < -0.3 is 10.2 Å². The van der Waals surface area contributed by atoms with Gasteiger partial charge in [0.15, 0.2) is 5.69 Å². The van der Waals surface area contributed by atoms with Gasteiger partial charge >= 0.3 is 0 Å². The summed E-state index contributed by atoms with van der Waals surface area (Å²) in [6.07, 6.45) is 1.54. The number of carbonyl (C=O) groups is 1. The van der Waals surface area contributed by atoms with E-state index in [1.54, 1.807) is 13.0 Å². The van der Waals surface area contributed by atoms with Gasteiger partial charge in [0.05, 0.1) is 5.52 Å². The Balaban J connectivity index is 1.84. The van der Waals surface area contributed by atoms with Gasteiger partial charge in [0.25, 0.3) is 5.91 Å². The molecule has 168 valence electrons. The summed E-state index contributed by atoms with van der Waals surface area (Å²) in [5.41, 5.74) is 1.05. The largest absolute Gasteiger partial charge is 0.348 e. The first-order valence-corrected chi connectivity index (χ1v) is 10.9. The van der Waals surface area contributed by atoms with E-state index in [2.05, 4.69) is 27.2 Å². The summed E-state index contributed by atoms with van der Waals surface area (Å²) in [5.74, 6) is -1.20. The minimum Gasteiger partial charge on any atom is -0.348 e. The van der Waals surface area contributed by atoms with E-state index >= 15 is 0 Å². The second-order valence-electron chi connectivity index (χ2n) is 8.47. The Bertz CT molecular complexity index is 1280. The van der Waals surface area contributed by atoms with Crippen LogP contribution in [0, 0.1) is 19.7 Å². The topological polar surface area (TPSA) is 80.1 Å². The number of piperidine rings is 1. The average molecular weight is 458 g/mol. The number of aryl methyl sites for hydroxylation is 2. The molecule has 1 amide bonds. The van der Waals surface area contributed by atoms with Crippen molar-refractivity contribution in [2.24, 2.45) is 0 Å². The fraction of sp³-hybridized carbons (Fsp3) is 0.391. The maximum Gasteiger partial charge on any atom is 0.276 e. The van der Waals surface area contributed by atoms with Crippen LogP contribution >= 0.6 is 11.6 Å². The van der Waals surface area contributed by atoms with Gasteiger partial charge in [-0.25, -0.2) is 14.1 Å². The van der Waals surface area contributed by atoms with E-state index < -0.39 is 17.2 Å². The van der Waals surface area contributed by atoms with Crippen LogP contribution < -0.4 is 10.7 Å². The second-order valence-corrected chi connectivity index (χ2v) is 8.90. The van der Waals surface area contributed by atoms with Crippen LogP contribution in [0.15, 0.2) is 29.1 Å². The van der Waals surface area contributed by atoms with Gasteiger partial charge in [-0.3, -0.25) is 9.59 Å². The van der Waals surface area contributed by atoms with Crippen LogP contribution in [0.4, 0.5) is 4.39 Å². The van der Waals surface area contributed by atoms with Crippen molar-refractivity contribution >= 4 is 28.5 Å². The standard InChI is InChI=1S/C23H25ClFN5O2/c1-12-9-19-20(26-14(12)3)22(31)21(23(32)27-16-7-8-29(4)13(2)10-16)28-30(19)18-6-5-15(24)11-17(18)25/h5-6,9,11,13,16H,7-8,10H2,1-4H3,(H,27,32)/t13-,16+/m1/s1. The van der Waals surface area contributed by atoms with E-state index in [4.69, 9.17) is 11.6 Å². The van der Waals surface area contributed by atoms with Gasteiger partial charge in [0.1, 0.15) is 17.0 Å². The third kappa shape index (κ3) is 4.12. The number of nitrogens with zero attached hydrogens (tertiary/aromatic N) is 4. The molecule has 0 radical (unpaired) electrons. The normalized spacial score (nSPS) is 19.3. The third-order valence-electron chi connectivity index (χ3n) is 6.20. The third-order valence-corrected chi connectivity index (χ3v) is 6.44. The zero-order valence-corrected chi connectivity index (χ0v) is 19.2. The molecule has 1 aromatic carbocycles. The lowest BCUT2D eigenvalue weighted by molar-refractivity contribution is 0.0889. The lowest BCUT2D eigenvalue weighted by Gasteiger charge is -2.35. The number of benzene rings is 1. The Morgan fingerprint density at radius 2 is 2.03 bits per heavy atom. The summed E-state index contributed by atoms with van der Waals surface area (Å²) in [6.45, 7) is 6.56. The number of nitrogens with one attached hydrogen (secondary N) is 1. The summed E-state index contributed by atoms with van der Waals surface area (Å²) >= 11 is 5.91. The molecule has 1 aliphatic rings. The summed E-state index contributed by atoms with van der Waals surface area (Å²) in [4.78, 5) is 32.9. The van der Waals surface area contributed by atoms with Crippen LogP contribution in [0.2, 0.25) is 5.02 Å². The highest BCUT2D eigenvalue weighted by molar-refractivity contribution is 6.30. The molecule has 2 atom stereocenters. The highest BCUT2D eigenvalue weighted by Crippen LogP contribution is 2.22. The minimum atomic E-state index is -0.622. The van der Waals surface area contributed by atoms with Crippen LogP contribution in [0.25, 0.3) is 16.7 Å². The maximum atomic E-state index is 14.8. The van der Waals surface area contributed by atoms with Crippen molar-refractivity contribution in [3.05, 3.63) is 62.3 Å². The summed E-state index contributed by atoms with van der Waals surface area (Å²) in [7, 11) is 2.04. The molecule has 3 aromatic rings. The van der Waals surface area contributed by atoms with Crippen LogP contribution in [0.1, 0.15) is 41.5 Å². The number of likely N-dealkylation sites (tertiary alicyclic amines) is 1. The first kappa shape index (κ1) is 22.4. The van der Waals surface area contributed by atoms with Crippen molar-refractivity contribution < 1.29 is 9.18 Å². The Morgan fingerprint density at radius 1 is 1.28 bits per heavy atom. The molecule has 1 aliphatic heterocycles. The summed E-state index contributed by atoms with van der Waals surface area (Å²) < 4.78 is 16.0. The van der Waals surface area contributed by atoms with Crippen LogP contribution in [-0.4, -0.2) is 51.2 Å².